The van der Waals surface area contributed by atoms with Gasteiger partial charge < -0.3 is 14.6 Å². The van der Waals surface area contributed by atoms with Crippen molar-refractivity contribution in [1.82, 2.24) is 9.88 Å². The number of thiophene rings is 1. The molecule has 0 spiro atoms. The predicted octanol–water partition coefficient (Wildman–Crippen LogP) is 1.82. The van der Waals surface area contributed by atoms with Crippen LogP contribution in [0.3, 0.4) is 0 Å². The summed E-state index contributed by atoms with van der Waals surface area (Å²) in [6.07, 6.45) is 4.13. The Kier molecular flexibility index (Phi) is 4.95. The molecule has 0 aliphatic carbocycles. The van der Waals surface area contributed by atoms with Crippen LogP contribution in [0.25, 0.3) is 0 Å². The molecule has 0 bridgehead atoms. The van der Waals surface area contributed by atoms with E-state index >= 15 is 0 Å². The second-order valence-corrected chi connectivity index (χ2v) is 5.04. The number of rotatable bonds is 6. The molecular formula is C14H16N2O3S. The van der Waals surface area contributed by atoms with Crippen LogP contribution in [0.5, 0.6) is 0 Å². The maximum Gasteiger partial charge on any atom is 0.325 e. The third kappa shape index (κ3) is 3.71. The van der Waals surface area contributed by atoms with Crippen molar-refractivity contribution in [2.75, 3.05) is 13.7 Å². The van der Waals surface area contributed by atoms with Crippen LogP contribution in [0.2, 0.25) is 0 Å². The molecule has 20 heavy (non-hydrogen) atoms. The first-order valence-electron chi connectivity index (χ1n) is 6.18. The molecule has 0 radical (unpaired) electrons. The van der Waals surface area contributed by atoms with Gasteiger partial charge in [0, 0.05) is 12.4 Å². The van der Waals surface area contributed by atoms with Gasteiger partial charge in [-0.15, -0.1) is 0 Å². The normalized spacial score (nSPS) is 11.8. The van der Waals surface area contributed by atoms with Gasteiger partial charge in [0.1, 0.15) is 6.54 Å². The summed E-state index contributed by atoms with van der Waals surface area (Å²) in [5.74, 6) is -0.633. The highest BCUT2D eigenvalue weighted by Crippen LogP contribution is 2.24. The fourth-order valence-corrected chi connectivity index (χ4v) is 2.61. The van der Waals surface area contributed by atoms with E-state index in [0.717, 1.165) is 5.56 Å². The summed E-state index contributed by atoms with van der Waals surface area (Å²) < 4.78 is 6.48. The Balaban J connectivity index is 2.02. The summed E-state index contributed by atoms with van der Waals surface area (Å²) in [6, 6.07) is 5.79. The molecule has 1 unspecified atom stereocenters. The van der Waals surface area contributed by atoms with Gasteiger partial charge in [-0.1, -0.05) is 0 Å². The number of methoxy groups -OCH3 is 1. The van der Waals surface area contributed by atoms with Crippen molar-refractivity contribution < 1.29 is 14.3 Å². The number of nitrogens with zero attached hydrogens (tertiary/aromatic N) is 1. The van der Waals surface area contributed by atoms with E-state index in [2.05, 4.69) is 10.1 Å². The second-order valence-electron chi connectivity index (χ2n) is 4.26. The molecule has 0 aliphatic rings. The number of aromatic nitrogens is 1. The van der Waals surface area contributed by atoms with Crippen molar-refractivity contribution in [2.24, 2.45) is 0 Å². The summed E-state index contributed by atoms with van der Waals surface area (Å²) in [4.78, 5) is 23.0. The average Bonchev–Trinajstić information content (AvgIpc) is 3.14. The van der Waals surface area contributed by atoms with Gasteiger partial charge in [0.15, 0.2) is 0 Å². The maximum absolute atomic E-state index is 11.9. The van der Waals surface area contributed by atoms with Crippen LogP contribution < -0.4 is 5.32 Å². The molecule has 1 N–H and O–H groups in total. The summed E-state index contributed by atoms with van der Waals surface area (Å²) in [7, 11) is 1.29. The minimum Gasteiger partial charge on any atom is -0.468 e. The lowest BCUT2D eigenvalue weighted by atomic mass is 10.1. The van der Waals surface area contributed by atoms with Crippen LogP contribution in [-0.4, -0.2) is 30.1 Å². The Bertz CT molecular complexity index is 515. The van der Waals surface area contributed by atoms with Gasteiger partial charge in [-0.3, -0.25) is 9.59 Å². The molecule has 2 aromatic heterocycles. The van der Waals surface area contributed by atoms with E-state index in [1.54, 1.807) is 11.3 Å². The number of nitrogens with one attached hydrogen (secondary N) is 1. The average molecular weight is 292 g/mol. The van der Waals surface area contributed by atoms with E-state index in [9.17, 15) is 9.59 Å². The molecule has 1 atom stereocenters. The number of amides is 1. The SMILES string of the molecule is COC(=O)CNC(=O)CC(c1ccsc1)n1cccc1. The molecule has 2 rings (SSSR count). The largest absolute Gasteiger partial charge is 0.468 e. The summed E-state index contributed by atoms with van der Waals surface area (Å²) >= 11 is 1.59. The third-order valence-electron chi connectivity index (χ3n) is 2.95. The molecule has 0 aliphatic heterocycles. The topological polar surface area (TPSA) is 60.3 Å². The Labute approximate surface area is 121 Å². The zero-order valence-corrected chi connectivity index (χ0v) is 11.9. The van der Waals surface area contributed by atoms with Crippen LogP contribution in [0.15, 0.2) is 41.4 Å². The molecule has 106 valence electrons. The fraction of sp³-hybridized carbons (Fsp3) is 0.286. The number of carbonyl (C=O) groups excluding carboxylic acids is 2. The molecule has 2 heterocycles. The van der Waals surface area contributed by atoms with Crippen molar-refractivity contribution in [1.29, 1.82) is 0 Å². The summed E-state index contributed by atoms with van der Waals surface area (Å²) in [5, 5.41) is 6.57. The van der Waals surface area contributed by atoms with E-state index in [4.69, 9.17) is 0 Å². The smallest absolute Gasteiger partial charge is 0.325 e. The first-order valence-corrected chi connectivity index (χ1v) is 7.13. The van der Waals surface area contributed by atoms with Crippen molar-refractivity contribution in [3.63, 3.8) is 0 Å². The van der Waals surface area contributed by atoms with Gasteiger partial charge in [0.2, 0.25) is 5.91 Å². The molecule has 2 aromatic rings. The number of carbonyl (C=O) groups is 2. The van der Waals surface area contributed by atoms with Gasteiger partial charge in [-0.2, -0.15) is 11.3 Å². The molecular weight excluding hydrogens is 276 g/mol. The minimum absolute atomic E-state index is 0.0612. The molecule has 0 saturated heterocycles. The third-order valence-corrected chi connectivity index (χ3v) is 3.65. The molecule has 0 fully saturated rings. The van der Waals surface area contributed by atoms with Gasteiger partial charge in [0.25, 0.3) is 0 Å². The molecule has 1 amide bonds. The van der Waals surface area contributed by atoms with Crippen LogP contribution >= 0.6 is 11.3 Å². The lowest BCUT2D eigenvalue weighted by Gasteiger charge is -2.17. The van der Waals surface area contributed by atoms with Crippen LogP contribution in [-0.2, 0) is 14.3 Å². The van der Waals surface area contributed by atoms with E-state index in [-0.39, 0.29) is 24.9 Å². The van der Waals surface area contributed by atoms with Crippen LogP contribution in [0.4, 0.5) is 0 Å². The van der Waals surface area contributed by atoms with E-state index in [1.807, 2.05) is 45.9 Å². The molecule has 6 heteroatoms. The highest BCUT2D eigenvalue weighted by molar-refractivity contribution is 7.07. The number of ether oxygens (including phenoxy) is 1. The second kappa shape index (κ2) is 6.91. The fourth-order valence-electron chi connectivity index (χ4n) is 1.91. The molecule has 0 aromatic carbocycles. The highest BCUT2D eigenvalue weighted by atomic mass is 32.1. The monoisotopic (exact) mass is 292 g/mol. The lowest BCUT2D eigenvalue weighted by Crippen LogP contribution is -2.31. The van der Waals surface area contributed by atoms with E-state index in [0.29, 0.717) is 0 Å². The Morgan fingerprint density at radius 1 is 1.40 bits per heavy atom. The number of hydrogen-bond donors (Lipinski definition) is 1. The van der Waals surface area contributed by atoms with Crippen molar-refractivity contribution in [3.8, 4) is 0 Å². The predicted molar refractivity (Wildman–Crippen MR) is 76.5 cm³/mol. The Morgan fingerprint density at radius 3 is 2.75 bits per heavy atom. The number of hydrogen-bond acceptors (Lipinski definition) is 4. The van der Waals surface area contributed by atoms with Crippen LogP contribution in [0.1, 0.15) is 18.0 Å². The zero-order valence-electron chi connectivity index (χ0n) is 11.1. The Hall–Kier alpha value is -2.08. The van der Waals surface area contributed by atoms with Crippen molar-refractivity contribution >= 4 is 23.2 Å². The first kappa shape index (κ1) is 14.3. The Morgan fingerprint density at radius 2 is 2.15 bits per heavy atom. The highest BCUT2D eigenvalue weighted by Gasteiger charge is 2.18. The summed E-state index contributed by atoms with van der Waals surface area (Å²) in [6.45, 7) is -0.0998. The van der Waals surface area contributed by atoms with Gasteiger partial charge in [-0.05, 0) is 34.5 Å². The van der Waals surface area contributed by atoms with Crippen molar-refractivity contribution in [3.05, 3.63) is 46.9 Å². The van der Waals surface area contributed by atoms with Crippen LogP contribution in [0, 0.1) is 0 Å². The quantitative estimate of drug-likeness (QED) is 0.826. The molecule has 0 saturated carbocycles. The molecule has 5 nitrogen and oxygen atoms in total. The lowest BCUT2D eigenvalue weighted by molar-refractivity contribution is -0.141. The van der Waals surface area contributed by atoms with Gasteiger partial charge in [-0.25, -0.2) is 0 Å². The minimum atomic E-state index is -0.452. The van der Waals surface area contributed by atoms with E-state index in [1.165, 1.54) is 7.11 Å². The van der Waals surface area contributed by atoms with E-state index < -0.39 is 5.97 Å². The number of esters is 1. The van der Waals surface area contributed by atoms with Gasteiger partial charge >= 0.3 is 5.97 Å². The standard InChI is InChI=1S/C14H16N2O3S/c1-19-14(18)9-15-13(17)8-12(11-4-7-20-10-11)16-5-2-3-6-16/h2-7,10,12H,8-9H2,1H3,(H,15,17). The maximum atomic E-state index is 11.9. The zero-order chi connectivity index (χ0) is 14.4. The summed E-state index contributed by atoms with van der Waals surface area (Å²) in [5.41, 5.74) is 1.08. The van der Waals surface area contributed by atoms with Gasteiger partial charge in [0.05, 0.1) is 19.6 Å². The van der Waals surface area contributed by atoms with Crippen molar-refractivity contribution in [2.45, 2.75) is 12.5 Å². The first-order chi connectivity index (χ1) is 9.70.